The van der Waals surface area contributed by atoms with E-state index in [2.05, 4.69) is 66.1 Å². The maximum atomic E-state index is 6.39. The van der Waals surface area contributed by atoms with Crippen LogP contribution in [0.5, 0.6) is 0 Å². The molecule has 5 heteroatoms. The van der Waals surface area contributed by atoms with Gasteiger partial charge in [0, 0.05) is 17.9 Å². The average molecular weight is 347 g/mol. The third-order valence-corrected chi connectivity index (χ3v) is 12.3. The molecule has 1 aliphatic heterocycles. The smallest absolute Gasteiger partial charge is 0.241 e. The van der Waals surface area contributed by atoms with Crippen molar-refractivity contribution in [1.29, 1.82) is 0 Å². The van der Waals surface area contributed by atoms with Crippen molar-refractivity contribution in [2.45, 2.75) is 76.3 Å². The summed E-state index contributed by atoms with van der Waals surface area (Å²) in [6.07, 6.45) is 3.24. The molecule has 0 radical (unpaired) electrons. The molecule has 0 aromatic rings. The van der Waals surface area contributed by atoms with Crippen molar-refractivity contribution in [3.63, 3.8) is 0 Å². The normalized spacial score (nSPS) is 28.3. The van der Waals surface area contributed by atoms with Gasteiger partial charge in [0.05, 0.1) is 13.8 Å². The number of hydrogen-bond donors (Lipinski definition) is 0. The second-order valence-electron chi connectivity index (χ2n) is 9.07. The predicted octanol–water partition coefficient (Wildman–Crippen LogP) is 5.49. The minimum atomic E-state index is -1.59. The zero-order valence-electron chi connectivity index (χ0n) is 15.6. The van der Waals surface area contributed by atoms with Crippen molar-refractivity contribution in [2.75, 3.05) is 7.11 Å². The van der Waals surface area contributed by atoms with Gasteiger partial charge >= 0.3 is 0 Å². The lowest BCUT2D eigenvalue weighted by Gasteiger charge is -2.55. The number of hydrogen-bond acceptors (Lipinski definition) is 3. The summed E-state index contributed by atoms with van der Waals surface area (Å²) >= 11 is 2.02. The Balaban J connectivity index is 3.27. The molecule has 2 atom stereocenters. The van der Waals surface area contributed by atoms with Gasteiger partial charge in [-0.25, -0.2) is 0 Å². The number of ether oxygens (including phenoxy) is 1. The highest BCUT2D eigenvalue weighted by atomic mass is 32.2. The Labute approximate surface area is 138 Å². The minimum Gasteiger partial charge on any atom is -0.547 e. The van der Waals surface area contributed by atoms with Gasteiger partial charge in [-0.15, -0.1) is 11.8 Å². The van der Waals surface area contributed by atoms with Crippen LogP contribution in [0.2, 0.25) is 39.3 Å². The summed E-state index contributed by atoms with van der Waals surface area (Å²) in [4.78, 5) is 0. The lowest BCUT2D eigenvalue weighted by Crippen LogP contribution is -2.60. The molecule has 124 valence electrons. The van der Waals surface area contributed by atoms with E-state index in [0.29, 0.717) is 0 Å². The fourth-order valence-electron chi connectivity index (χ4n) is 3.32. The SMILES string of the molecule is COC1C=C(O[Si](C)(C)C)CC(C(C)(C)C)([Si](C)(C)C)S1. The van der Waals surface area contributed by atoms with Crippen LogP contribution < -0.4 is 0 Å². The second-order valence-corrected chi connectivity index (χ2v) is 20.6. The van der Waals surface area contributed by atoms with Crippen LogP contribution in [0.3, 0.4) is 0 Å². The Morgan fingerprint density at radius 3 is 2.00 bits per heavy atom. The van der Waals surface area contributed by atoms with Crippen molar-refractivity contribution >= 4 is 28.2 Å². The van der Waals surface area contributed by atoms with Crippen LogP contribution >= 0.6 is 11.8 Å². The Morgan fingerprint density at radius 1 is 1.14 bits per heavy atom. The summed E-state index contributed by atoms with van der Waals surface area (Å²) in [7, 11) is -1.22. The van der Waals surface area contributed by atoms with Gasteiger partial charge in [-0.05, 0) is 31.1 Å². The molecule has 0 aromatic carbocycles. The zero-order chi connectivity index (χ0) is 16.7. The molecule has 0 aliphatic carbocycles. The minimum absolute atomic E-state index is 0.107. The van der Waals surface area contributed by atoms with Gasteiger partial charge in [-0.3, -0.25) is 0 Å². The van der Waals surface area contributed by atoms with Gasteiger partial charge in [-0.2, -0.15) is 0 Å². The monoisotopic (exact) mass is 346 g/mol. The molecule has 21 heavy (non-hydrogen) atoms. The summed E-state index contributed by atoms with van der Waals surface area (Å²) in [5, 5.41) is 0. The highest BCUT2D eigenvalue weighted by molar-refractivity contribution is 8.03. The van der Waals surface area contributed by atoms with Gasteiger partial charge in [0.1, 0.15) is 5.44 Å². The van der Waals surface area contributed by atoms with Crippen LogP contribution in [0.15, 0.2) is 11.8 Å². The Bertz CT molecular complexity index is 386. The molecule has 0 spiro atoms. The molecule has 1 rings (SSSR count). The third kappa shape index (κ3) is 4.39. The number of allylic oxidation sites excluding steroid dienone is 1. The topological polar surface area (TPSA) is 18.5 Å². The van der Waals surface area contributed by atoms with Crippen LogP contribution in [0, 0.1) is 5.41 Å². The third-order valence-electron chi connectivity index (χ3n) is 4.16. The van der Waals surface area contributed by atoms with E-state index in [1.54, 1.807) is 0 Å². The van der Waals surface area contributed by atoms with Crippen molar-refractivity contribution in [3.05, 3.63) is 11.8 Å². The fourth-order valence-corrected chi connectivity index (χ4v) is 10.3. The lowest BCUT2D eigenvalue weighted by atomic mass is 9.88. The van der Waals surface area contributed by atoms with Gasteiger partial charge in [0.25, 0.3) is 0 Å². The van der Waals surface area contributed by atoms with Gasteiger partial charge in [-0.1, -0.05) is 40.4 Å². The lowest BCUT2D eigenvalue weighted by molar-refractivity contribution is 0.192. The summed E-state index contributed by atoms with van der Waals surface area (Å²) in [6, 6.07) is 0. The molecule has 1 aliphatic rings. The highest BCUT2D eigenvalue weighted by Crippen LogP contribution is 2.56. The van der Waals surface area contributed by atoms with Gasteiger partial charge in [0.15, 0.2) is 0 Å². The largest absolute Gasteiger partial charge is 0.547 e. The fraction of sp³-hybridized carbons (Fsp3) is 0.875. The molecular weight excluding hydrogens is 312 g/mol. The van der Waals surface area contributed by atoms with Gasteiger partial charge < -0.3 is 9.16 Å². The van der Waals surface area contributed by atoms with E-state index in [-0.39, 0.29) is 15.2 Å². The number of rotatable bonds is 4. The van der Waals surface area contributed by atoms with Crippen LogP contribution in [-0.2, 0) is 9.16 Å². The maximum absolute atomic E-state index is 6.39. The molecule has 0 fully saturated rings. The van der Waals surface area contributed by atoms with Crippen molar-refractivity contribution in [3.8, 4) is 0 Å². The van der Waals surface area contributed by atoms with E-state index < -0.39 is 16.4 Å². The first-order chi connectivity index (χ1) is 9.22. The standard InChI is InChI=1S/C16H34O2SSi2/c1-15(2,3)16(20(5,6)7)12-13(18-21(8,9)10)11-14(17-4)19-16/h11,14H,12H2,1-10H3. The molecule has 2 unspecified atom stereocenters. The van der Waals surface area contributed by atoms with E-state index in [9.17, 15) is 0 Å². The van der Waals surface area contributed by atoms with Crippen LogP contribution in [0.1, 0.15) is 27.2 Å². The molecule has 0 N–H and O–H groups in total. The van der Waals surface area contributed by atoms with Crippen molar-refractivity contribution in [2.24, 2.45) is 5.41 Å². The van der Waals surface area contributed by atoms with Crippen LogP contribution in [-0.4, -0.2) is 33.3 Å². The molecule has 1 heterocycles. The maximum Gasteiger partial charge on any atom is 0.241 e. The first-order valence-corrected chi connectivity index (χ1v) is 15.6. The predicted molar refractivity (Wildman–Crippen MR) is 101 cm³/mol. The van der Waals surface area contributed by atoms with Crippen molar-refractivity contribution in [1.82, 2.24) is 0 Å². The summed E-state index contributed by atoms with van der Waals surface area (Å²) < 4.78 is 12.3. The summed E-state index contributed by atoms with van der Waals surface area (Å²) in [5.41, 5.74) is 0.331. The Morgan fingerprint density at radius 2 is 1.67 bits per heavy atom. The second kappa shape index (κ2) is 6.06. The molecule has 0 aromatic heterocycles. The van der Waals surface area contributed by atoms with E-state index >= 15 is 0 Å². The average Bonchev–Trinajstić information content (AvgIpc) is 2.22. The Kier molecular flexibility index (Phi) is 5.58. The van der Waals surface area contributed by atoms with Gasteiger partial charge in [0.2, 0.25) is 8.32 Å². The Hall–Kier alpha value is 0.284. The number of thioether (sulfide) groups is 1. The van der Waals surface area contributed by atoms with E-state index in [0.717, 1.165) is 12.2 Å². The van der Waals surface area contributed by atoms with Crippen LogP contribution in [0.4, 0.5) is 0 Å². The van der Waals surface area contributed by atoms with Crippen LogP contribution in [0.25, 0.3) is 0 Å². The highest BCUT2D eigenvalue weighted by Gasteiger charge is 2.55. The molecule has 0 saturated carbocycles. The summed E-state index contributed by atoms with van der Waals surface area (Å²) in [6.45, 7) is 21.3. The zero-order valence-corrected chi connectivity index (χ0v) is 18.4. The molecule has 0 bridgehead atoms. The quantitative estimate of drug-likeness (QED) is 0.627. The van der Waals surface area contributed by atoms with Crippen molar-refractivity contribution < 1.29 is 9.16 Å². The molecule has 0 amide bonds. The first-order valence-electron chi connectivity index (χ1n) is 7.82. The van der Waals surface area contributed by atoms with E-state index in [4.69, 9.17) is 9.16 Å². The molecular formula is C16H34O2SSi2. The first kappa shape index (κ1) is 19.3. The van der Waals surface area contributed by atoms with E-state index in [1.165, 1.54) is 0 Å². The number of methoxy groups -OCH3 is 1. The summed E-state index contributed by atoms with van der Waals surface area (Å²) in [5.74, 6) is 1.16. The molecule has 0 saturated heterocycles. The van der Waals surface area contributed by atoms with E-state index in [1.807, 2.05) is 18.9 Å². The molecule has 2 nitrogen and oxygen atoms in total.